The number of hydrogen-bond donors (Lipinski definition) is 0. The second kappa shape index (κ2) is 3.86. The second-order valence-corrected chi connectivity index (χ2v) is 6.26. The third kappa shape index (κ3) is 1.99. The van der Waals surface area contributed by atoms with Gasteiger partial charge in [0, 0.05) is 9.75 Å². The van der Waals surface area contributed by atoms with E-state index in [1.807, 2.05) is 11.3 Å². The second-order valence-electron chi connectivity index (χ2n) is 4.50. The van der Waals surface area contributed by atoms with Crippen molar-refractivity contribution in [2.45, 2.75) is 39.0 Å². The van der Waals surface area contributed by atoms with Gasteiger partial charge >= 0.3 is 0 Å². The lowest BCUT2D eigenvalue weighted by Gasteiger charge is -2.16. The SMILES string of the molecule is Cc1cc(C)c(C(Cl)C(C)C2CC2)s1. The van der Waals surface area contributed by atoms with E-state index in [0.717, 1.165) is 5.92 Å². The Morgan fingerprint density at radius 1 is 1.43 bits per heavy atom. The summed E-state index contributed by atoms with van der Waals surface area (Å²) in [5.74, 6) is 1.53. The molecule has 1 aliphatic carbocycles. The Morgan fingerprint density at radius 3 is 2.50 bits per heavy atom. The Hall–Kier alpha value is -0.0100. The summed E-state index contributed by atoms with van der Waals surface area (Å²) < 4.78 is 0. The maximum Gasteiger partial charge on any atom is 0.0709 e. The van der Waals surface area contributed by atoms with Crippen molar-refractivity contribution >= 4 is 22.9 Å². The number of aryl methyl sites for hydroxylation is 2. The van der Waals surface area contributed by atoms with Crippen molar-refractivity contribution < 1.29 is 0 Å². The molecule has 2 atom stereocenters. The molecule has 78 valence electrons. The molecule has 14 heavy (non-hydrogen) atoms. The first-order valence-electron chi connectivity index (χ1n) is 5.30. The highest BCUT2D eigenvalue weighted by atomic mass is 35.5. The van der Waals surface area contributed by atoms with E-state index < -0.39 is 0 Å². The first-order valence-corrected chi connectivity index (χ1v) is 6.56. The maximum absolute atomic E-state index is 6.52. The molecule has 0 aliphatic heterocycles. The number of rotatable bonds is 3. The lowest BCUT2D eigenvalue weighted by Crippen LogP contribution is -2.05. The van der Waals surface area contributed by atoms with E-state index in [9.17, 15) is 0 Å². The molecule has 1 fully saturated rings. The van der Waals surface area contributed by atoms with E-state index in [4.69, 9.17) is 11.6 Å². The van der Waals surface area contributed by atoms with Crippen molar-refractivity contribution in [1.29, 1.82) is 0 Å². The Kier molecular flexibility index (Phi) is 2.90. The van der Waals surface area contributed by atoms with Crippen LogP contribution < -0.4 is 0 Å². The predicted molar refractivity (Wildman–Crippen MR) is 64.3 cm³/mol. The fourth-order valence-electron chi connectivity index (χ4n) is 2.03. The van der Waals surface area contributed by atoms with Crippen LogP contribution in [0.25, 0.3) is 0 Å². The largest absolute Gasteiger partial charge is 0.144 e. The number of alkyl halides is 1. The summed E-state index contributed by atoms with van der Waals surface area (Å²) in [4.78, 5) is 2.77. The summed E-state index contributed by atoms with van der Waals surface area (Å²) in [6.07, 6.45) is 2.77. The molecular formula is C12H17ClS. The fourth-order valence-corrected chi connectivity index (χ4v) is 3.67. The molecule has 2 unspecified atom stereocenters. The zero-order chi connectivity index (χ0) is 10.3. The first kappa shape index (κ1) is 10.5. The van der Waals surface area contributed by atoms with Gasteiger partial charge in [0.2, 0.25) is 0 Å². The highest BCUT2D eigenvalue weighted by molar-refractivity contribution is 7.12. The fraction of sp³-hybridized carbons (Fsp3) is 0.667. The average molecular weight is 229 g/mol. The van der Waals surface area contributed by atoms with Crippen LogP contribution in [0.1, 0.15) is 40.5 Å². The van der Waals surface area contributed by atoms with Gasteiger partial charge in [-0.1, -0.05) is 6.92 Å². The molecule has 0 aromatic carbocycles. The van der Waals surface area contributed by atoms with Crippen molar-refractivity contribution in [3.63, 3.8) is 0 Å². The number of halogens is 1. The smallest absolute Gasteiger partial charge is 0.0709 e. The highest BCUT2D eigenvalue weighted by Gasteiger charge is 2.34. The molecule has 2 heteroatoms. The lowest BCUT2D eigenvalue weighted by atomic mass is 9.99. The molecular weight excluding hydrogens is 212 g/mol. The Labute approximate surface area is 95.3 Å². The number of hydrogen-bond acceptors (Lipinski definition) is 1. The molecule has 0 saturated heterocycles. The summed E-state index contributed by atoms with van der Waals surface area (Å²) in [5, 5.41) is 0.237. The Balaban J connectivity index is 2.16. The molecule has 1 heterocycles. The Morgan fingerprint density at radius 2 is 2.07 bits per heavy atom. The summed E-state index contributed by atoms with van der Waals surface area (Å²) in [6, 6.07) is 2.25. The van der Waals surface area contributed by atoms with Crippen molar-refractivity contribution in [3.8, 4) is 0 Å². The molecule has 1 aromatic rings. The van der Waals surface area contributed by atoms with Crippen LogP contribution in [0.5, 0.6) is 0 Å². The molecule has 0 amide bonds. The van der Waals surface area contributed by atoms with Crippen LogP contribution in [-0.4, -0.2) is 0 Å². The zero-order valence-corrected chi connectivity index (χ0v) is 10.6. The highest BCUT2D eigenvalue weighted by Crippen LogP contribution is 2.47. The lowest BCUT2D eigenvalue weighted by molar-refractivity contribution is 0.494. The molecule has 1 aliphatic rings. The van der Waals surface area contributed by atoms with Crippen LogP contribution in [0.3, 0.4) is 0 Å². The molecule has 1 saturated carbocycles. The van der Waals surface area contributed by atoms with Crippen LogP contribution in [0.4, 0.5) is 0 Å². The standard InChI is InChI=1S/C12H17ClS/c1-7-6-8(2)14-12(7)11(13)9(3)10-4-5-10/h6,9-11H,4-5H2,1-3H3. The molecule has 0 radical (unpaired) electrons. The van der Waals surface area contributed by atoms with Gasteiger partial charge in [-0.2, -0.15) is 0 Å². The quantitative estimate of drug-likeness (QED) is 0.659. The molecule has 0 nitrogen and oxygen atoms in total. The van der Waals surface area contributed by atoms with Gasteiger partial charge in [-0.3, -0.25) is 0 Å². The minimum absolute atomic E-state index is 0.237. The summed E-state index contributed by atoms with van der Waals surface area (Å²) in [7, 11) is 0. The van der Waals surface area contributed by atoms with Gasteiger partial charge in [-0.05, 0) is 50.2 Å². The van der Waals surface area contributed by atoms with Gasteiger partial charge in [0.05, 0.1) is 5.38 Å². The van der Waals surface area contributed by atoms with Crippen molar-refractivity contribution in [1.82, 2.24) is 0 Å². The van der Waals surface area contributed by atoms with Crippen LogP contribution in [-0.2, 0) is 0 Å². The molecule has 2 rings (SSSR count). The normalized spacial score (nSPS) is 20.9. The summed E-state index contributed by atoms with van der Waals surface area (Å²) >= 11 is 8.38. The molecule has 0 bridgehead atoms. The monoisotopic (exact) mass is 228 g/mol. The van der Waals surface area contributed by atoms with Crippen molar-refractivity contribution in [2.75, 3.05) is 0 Å². The average Bonchev–Trinajstić information content (AvgIpc) is 2.90. The molecule has 1 aromatic heterocycles. The van der Waals surface area contributed by atoms with Gasteiger partial charge in [-0.25, -0.2) is 0 Å². The third-order valence-electron chi connectivity index (χ3n) is 3.16. The van der Waals surface area contributed by atoms with Gasteiger partial charge in [-0.15, -0.1) is 22.9 Å². The van der Waals surface area contributed by atoms with E-state index in [0.29, 0.717) is 5.92 Å². The van der Waals surface area contributed by atoms with E-state index in [2.05, 4.69) is 26.8 Å². The first-order chi connectivity index (χ1) is 6.59. The topological polar surface area (TPSA) is 0 Å². The van der Waals surface area contributed by atoms with Crippen LogP contribution >= 0.6 is 22.9 Å². The van der Waals surface area contributed by atoms with Gasteiger partial charge < -0.3 is 0 Å². The number of thiophene rings is 1. The van der Waals surface area contributed by atoms with E-state index in [-0.39, 0.29) is 5.38 Å². The zero-order valence-electron chi connectivity index (χ0n) is 9.01. The van der Waals surface area contributed by atoms with Crippen molar-refractivity contribution in [2.24, 2.45) is 11.8 Å². The predicted octanol–water partition coefficient (Wildman–Crippen LogP) is 4.69. The summed E-state index contributed by atoms with van der Waals surface area (Å²) in [5.41, 5.74) is 1.38. The van der Waals surface area contributed by atoms with Gasteiger partial charge in [0.1, 0.15) is 0 Å². The summed E-state index contributed by atoms with van der Waals surface area (Å²) in [6.45, 7) is 6.63. The minimum atomic E-state index is 0.237. The molecule has 0 spiro atoms. The van der Waals surface area contributed by atoms with Crippen LogP contribution in [0.2, 0.25) is 0 Å². The molecule has 0 N–H and O–H groups in total. The van der Waals surface area contributed by atoms with Gasteiger partial charge in [0.25, 0.3) is 0 Å². The van der Waals surface area contributed by atoms with Crippen LogP contribution in [0, 0.1) is 25.7 Å². The van der Waals surface area contributed by atoms with Crippen LogP contribution in [0.15, 0.2) is 6.07 Å². The van der Waals surface area contributed by atoms with Crippen molar-refractivity contribution in [3.05, 3.63) is 21.4 Å². The van der Waals surface area contributed by atoms with E-state index in [1.165, 1.54) is 28.2 Å². The maximum atomic E-state index is 6.52. The van der Waals surface area contributed by atoms with Gasteiger partial charge in [0.15, 0.2) is 0 Å². The minimum Gasteiger partial charge on any atom is -0.144 e. The van der Waals surface area contributed by atoms with E-state index in [1.54, 1.807) is 0 Å². The Bertz CT molecular complexity index is 325. The van der Waals surface area contributed by atoms with E-state index >= 15 is 0 Å². The third-order valence-corrected chi connectivity index (χ3v) is 5.14.